The summed E-state index contributed by atoms with van der Waals surface area (Å²) >= 11 is 0. The van der Waals surface area contributed by atoms with Gasteiger partial charge in [0.15, 0.2) is 0 Å². The Kier molecular flexibility index (Phi) is 3.75. The summed E-state index contributed by atoms with van der Waals surface area (Å²) in [5.74, 6) is -2.35. The van der Waals surface area contributed by atoms with E-state index in [2.05, 4.69) is 4.72 Å². The van der Waals surface area contributed by atoms with Crippen LogP contribution in [-0.4, -0.2) is 24.7 Å². The number of benzene rings is 1. The van der Waals surface area contributed by atoms with Gasteiger partial charge in [0, 0.05) is 0 Å². The number of carbonyl (C=O) groups is 1. The third-order valence-corrected chi connectivity index (χ3v) is 5.07. The van der Waals surface area contributed by atoms with E-state index in [9.17, 15) is 17.6 Å². The Hall–Kier alpha value is -1.63. The number of sulfonamides is 1. The van der Waals surface area contributed by atoms with Crippen LogP contribution in [0, 0.1) is 5.82 Å². The maximum Gasteiger partial charge on any atom is 0.338 e. The zero-order valence-corrected chi connectivity index (χ0v) is 10.9. The number of carboxylic acid groups (broad SMARTS) is 1. The molecule has 0 aliphatic heterocycles. The molecule has 1 aliphatic rings. The van der Waals surface area contributed by atoms with Gasteiger partial charge in [0.25, 0.3) is 0 Å². The van der Waals surface area contributed by atoms with Gasteiger partial charge in [-0.15, -0.1) is 0 Å². The van der Waals surface area contributed by atoms with Gasteiger partial charge in [-0.1, -0.05) is 12.8 Å². The van der Waals surface area contributed by atoms with Gasteiger partial charge < -0.3 is 5.11 Å². The van der Waals surface area contributed by atoms with Crippen LogP contribution in [0.2, 0.25) is 0 Å². The maximum atomic E-state index is 13.4. The molecular weight excluding hydrogens is 273 g/mol. The van der Waals surface area contributed by atoms with Gasteiger partial charge in [0.05, 0.1) is 16.5 Å². The van der Waals surface area contributed by atoms with Gasteiger partial charge >= 0.3 is 5.97 Å². The Morgan fingerprint density at radius 2 is 1.95 bits per heavy atom. The number of nitrogens with one attached hydrogen (secondary N) is 1. The van der Waals surface area contributed by atoms with E-state index >= 15 is 0 Å². The Bertz CT molecular complexity index is 594. The first-order chi connectivity index (χ1) is 8.90. The lowest BCUT2D eigenvalue weighted by molar-refractivity contribution is 0.0692. The van der Waals surface area contributed by atoms with Gasteiger partial charge in [0.1, 0.15) is 5.82 Å². The number of hydrogen-bond donors (Lipinski definition) is 2. The van der Waals surface area contributed by atoms with Crippen molar-refractivity contribution in [3.8, 4) is 0 Å². The topological polar surface area (TPSA) is 83.5 Å². The van der Waals surface area contributed by atoms with Crippen molar-refractivity contribution in [3.63, 3.8) is 0 Å². The van der Waals surface area contributed by atoms with Gasteiger partial charge in [-0.05, 0) is 31.0 Å². The molecule has 0 bridgehead atoms. The summed E-state index contributed by atoms with van der Waals surface area (Å²) < 4.78 is 39.7. The van der Waals surface area contributed by atoms with E-state index in [4.69, 9.17) is 5.11 Å². The highest BCUT2D eigenvalue weighted by molar-refractivity contribution is 7.93. The molecule has 1 aliphatic carbocycles. The predicted octanol–water partition coefficient (Wildman–Crippen LogP) is 2.21. The molecule has 0 heterocycles. The van der Waals surface area contributed by atoms with Crippen molar-refractivity contribution in [2.45, 2.75) is 30.9 Å². The molecule has 1 aromatic carbocycles. The van der Waals surface area contributed by atoms with Crippen LogP contribution < -0.4 is 4.72 Å². The smallest absolute Gasteiger partial charge is 0.338 e. The molecule has 0 radical (unpaired) electrons. The van der Waals surface area contributed by atoms with Crippen LogP contribution in [-0.2, 0) is 10.0 Å². The van der Waals surface area contributed by atoms with Crippen LogP contribution in [0.4, 0.5) is 10.1 Å². The Morgan fingerprint density at radius 1 is 1.32 bits per heavy atom. The monoisotopic (exact) mass is 287 g/mol. The number of aromatic carboxylic acids is 1. The maximum absolute atomic E-state index is 13.4. The average molecular weight is 287 g/mol. The molecule has 0 spiro atoms. The van der Waals surface area contributed by atoms with Crippen LogP contribution in [0.3, 0.4) is 0 Å². The van der Waals surface area contributed by atoms with Gasteiger partial charge in [0.2, 0.25) is 10.0 Å². The molecular formula is C12H14FNO4S. The third kappa shape index (κ3) is 3.04. The Balaban J connectivity index is 2.19. The first-order valence-electron chi connectivity index (χ1n) is 5.94. The second kappa shape index (κ2) is 5.16. The van der Waals surface area contributed by atoms with Crippen molar-refractivity contribution in [2.24, 2.45) is 0 Å². The molecule has 2 rings (SSSR count). The Labute approximate surface area is 110 Å². The summed E-state index contributed by atoms with van der Waals surface area (Å²) in [6.45, 7) is 0. The summed E-state index contributed by atoms with van der Waals surface area (Å²) in [5, 5.41) is 8.23. The zero-order chi connectivity index (χ0) is 14.0. The molecule has 7 heteroatoms. The molecule has 104 valence electrons. The van der Waals surface area contributed by atoms with E-state index < -0.39 is 32.6 Å². The lowest BCUT2D eigenvalue weighted by Gasteiger charge is -2.13. The number of anilines is 1. The van der Waals surface area contributed by atoms with E-state index in [-0.39, 0.29) is 5.69 Å². The highest BCUT2D eigenvalue weighted by Gasteiger charge is 2.28. The van der Waals surface area contributed by atoms with Crippen molar-refractivity contribution in [1.29, 1.82) is 0 Å². The lowest BCUT2D eigenvalue weighted by Crippen LogP contribution is -2.25. The summed E-state index contributed by atoms with van der Waals surface area (Å²) in [6.07, 6.45) is 2.95. The molecule has 0 saturated heterocycles. The second-order valence-electron chi connectivity index (χ2n) is 4.55. The average Bonchev–Trinajstić information content (AvgIpc) is 2.81. The van der Waals surface area contributed by atoms with E-state index in [1.165, 1.54) is 6.07 Å². The van der Waals surface area contributed by atoms with Crippen molar-refractivity contribution < 1.29 is 22.7 Å². The molecule has 0 unspecified atom stereocenters. The van der Waals surface area contributed by atoms with Crippen LogP contribution >= 0.6 is 0 Å². The number of carboxylic acids is 1. The first kappa shape index (κ1) is 13.8. The number of rotatable bonds is 4. The summed E-state index contributed by atoms with van der Waals surface area (Å²) in [4.78, 5) is 10.6. The molecule has 2 N–H and O–H groups in total. The molecule has 0 amide bonds. The van der Waals surface area contributed by atoms with Crippen molar-refractivity contribution in [2.75, 3.05) is 4.72 Å². The van der Waals surface area contributed by atoms with E-state index in [1.807, 2.05) is 0 Å². The van der Waals surface area contributed by atoms with Crippen LogP contribution in [0.1, 0.15) is 36.0 Å². The molecule has 1 fully saturated rings. The second-order valence-corrected chi connectivity index (χ2v) is 6.51. The van der Waals surface area contributed by atoms with Crippen molar-refractivity contribution >= 4 is 21.7 Å². The SMILES string of the molecule is O=C(O)c1ccc(NS(=O)(=O)C2CCCC2)cc1F. The minimum atomic E-state index is -3.53. The normalized spacial score (nSPS) is 16.5. The van der Waals surface area contributed by atoms with Gasteiger partial charge in [-0.25, -0.2) is 17.6 Å². The van der Waals surface area contributed by atoms with Gasteiger partial charge in [-0.2, -0.15) is 0 Å². The fraction of sp³-hybridized carbons (Fsp3) is 0.417. The summed E-state index contributed by atoms with van der Waals surface area (Å²) in [5.41, 5.74) is -0.432. The minimum absolute atomic E-state index is 0.0504. The highest BCUT2D eigenvalue weighted by Crippen LogP contribution is 2.26. The fourth-order valence-electron chi connectivity index (χ4n) is 2.20. The summed E-state index contributed by atoms with van der Waals surface area (Å²) in [7, 11) is -3.53. The first-order valence-corrected chi connectivity index (χ1v) is 7.49. The van der Waals surface area contributed by atoms with Crippen LogP contribution in [0.15, 0.2) is 18.2 Å². The number of halogens is 1. The van der Waals surface area contributed by atoms with Crippen molar-refractivity contribution in [3.05, 3.63) is 29.6 Å². The zero-order valence-electron chi connectivity index (χ0n) is 10.1. The minimum Gasteiger partial charge on any atom is -0.478 e. The van der Waals surface area contributed by atoms with Gasteiger partial charge in [-0.3, -0.25) is 4.72 Å². The lowest BCUT2D eigenvalue weighted by atomic mass is 10.2. The number of hydrogen-bond acceptors (Lipinski definition) is 3. The van der Waals surface area contributed by atoms with Crippen LogP contribution in [0.25, 0.3) is 0 Å². The standard InChI is InChI=1S/C12H14FNO4S/c13-11-7-8(5-6-10(11)12(15)16)14-19(17,18)9-3-1-2-4-9/h5-7,9,14H,1-4H2,(H,15,16). The molecule has 0 atom stereocenters. The molecule has 1 aromatic rings. The van der Waals surface area contributed by atoms with Crippen LogP contribution in [0.5, 0.6) is 0 Å². The van der Waals surface area contributed by atoms with Crippen molar-refractivity contribution in [1.82, 2.24) is 0 Å². The fourth-order valence-corrected chi connectivity index (χ4v) is 3.77. The molecule has 19 heavy (non-hydrogen) atoms. The molecule has 1 saturated carbocycles. The highest BCUT2D eigenvalue weighted by atomic mass is 32.2. The molecule has 0 aromatic heterocycles. The molecule has 5 nitrogen and oxygen atoms in total. The predicted molar refractivity (Wildman–Crippen MR) is 68.2 cm³/mol. The largest absolute Gasteiger partial charge is 0.478 e. The summed E-state index contributed by atoms with van der Waals surface area (Å²) in [6, 6.07) is 3.18. The van der Waals surface area contributed by atoms with E-state index in [0.29, 0.717) is 12.8 Å². The van der Waals surface area contributed by atoms with E-state index in [1.54, 1.807) is 0 Å². The third-order valence-electron chi connectivity index (χ3n) is 3.20. The van der Waals surface area contributed by atoms with E-state index in [0.717, 1.165) is 25.0 Å². The quantitative estimate of drug-likeness (QED) is 0.889. The Morgan fingerprint density at radius 3 is 2.47 bits per heavy atom.